The Morgan fingerprint density at radius 3 is 2.86 bits per heavy atom. The molecule has 1 saturated heterocycles. The third kappa shape index (κ3) is 3.25. The van der Waals surface area contributed by atoms with Crippen molar-refractivity contribution in [2.75, 3.05) is 11.4 Å². The quantitative estimate of drug-likeness (QED) is 0.506. The second-order valence-electron chi connectivity index (χ2n) is 6.99. The van der Waals surface area contributed by atoms with E-state index in [1.807, 2.05) is 48.0 Å². The largest absolute Gasteiger partial charge is 0.356 e. The lowest BCUT2D eigenvalue weighted by Gasteiger charge is -2.23. The van der Waals surface area contributed by atoms with Gasteiger partial charge in [0.1, 0.15) is 5.69 Å². The van der Waals surface area contributed by atoms with Gasteiger partial charge in [-0.3, -0.25) is 4.57 Å². The van der Waals surface area contributed by atoms with Crippen molar-refractivity contribution in [3.8, 4) is 22.7 Å². The van der Waals surface area contributed by atoms with Crippen LogP contribution in [0.5, 0.6) is 0 Å². The van der Waals surface area contributed by atoms with E-state index in [0.29, 0.717) is 10.8 Å². The zero-order valence-corrected chi connectivity index (χ0v) is 16.5. The summed E-state index contributed by atoms with van der Waals surface area (Å²) in [5.41, 5.74) is 2.67. The number of aromatic nitrogens is 6. The summed E-state index contributed by atoms with van der Waals surface area (Å²) >= 11 is 6.11. The highest BCUT2D eigenvalue weighted by Gasteiger charge is 2.32. The van der Waals surface area contributed by atoms with Gasteiger partial charge in [-0.15, -0.1) is 10.2 Å². The molecule has 29 heavy (non-hydrogen) atoms. The minimum absolute atomic E-state index is 0.0815. The summed E-state index contributed by atoms with van der Waals surface area (Å²) in [6.07, 6.45) is 5.35. The van der Waals surface area contributed by atoms with E-state index in [1.165, 1.54) is 0 Å². The number of hydrogen-bond donors (Lipinski definition) is 0. The maximum Gasteiger partial charge on any atom is 0.227 e. The molecule has 146 valence electrons. The summed E-state index contributed by atoms with van der Waals surface area (Å²) < 4.78 is 7.59. The highest BCUT2D eigenvalue weighted by molar-refractivity contribution is 6.30. The molecule has 1 atom stereocenters. The molecule has 0 bridgehead atoms. The van der Waals surface area contributed by atoms with Gasteiger partial charge in [-0.05, 0) is 31.0 Å². The van der Waals surface area contributed by atoms with Crippen molar-refractivity contribution in [1.29, 1.82) is 0 Å². The smallest absolute Gasteiger partial charge is 0.227 e. The predicted octanol–water partition coefficient (Wildman–Crippen LogP) is 3.92. The summed E-state index contributed by atoms with van der Waals surface area (Å²) in [4.78, 5) is 2.23. The SMILES string of the molecule is Cn1c(-c2ccnnc2)nnc1N1CCCC1c1cc(-c2cccc(Cl)c2)on1. The van der Waals surface area contributed by atoms with Gasteiger partial charge in [-0.1, -0.05) is 28.9 Å². The molecule has 4 heterocycles. The van der Waals surface area contributed by atoms with Crippen LogP contribution in [0.25, 0.3) is 22.7 Å². The van der Waals surface area contributed by atoms with Gasteiger partial charge in [0.15, 0.2) is 11.6 Å². The first kappa shape index (κ1) is 17.8. The van der Waals surface area contributed by atoms with Crippen LogP contribution in [0.15, 0.2) is 53.3 Å². The Balaban J connectivity index is 1.45. The Morgan fingerprint density at radius 1 is 1.10 bits per heavy atom. The minimum atomic E-state index is 0.0815. The molecule has 0 saturated carbocycles. The number of hydrogen-bond acceptors (Lipinski definition) is 7. The summed E-state index contributed by atoms with van der Waals surface area (Å²) in [6.45, 7) is 0.880. The molecule has 0 aliphatic carbocycles. The number of rotatable bonds is 4. The molecule has 1 aliphatic rings. The first-order chi connectivity index (χ1) is 14.2. The van der Waals surface area contributed by atoms with Crippen LogP contribution in [0.3, 0.4) is 0 Å². The lowest BCUT2D eigenvalue weighted by atomic mass is 10.1. The average Bonchev–Trinajstić information content (AvgIpc) is 3.47. The number of nitrogens with zero attached hydrogens (tertiary/aromatic N) is 7. The van der Waals surface area contributed by atoms with Crippen molar-refractivity contribution in [2.45, 2.75) is 18.9 Å². The molecule has 5 rings (SSSR count). The summed E-state index contributed by atoms with van der Waals surface area (Å²) in [5, 5.41) is 21.6. The Bertz CT molecular complexity index is 1140. The van der Waals surface area contributed by atoms with E-state index < -0.39 is 0 Å². The molecule has 1 aromatic carbocycles. The van der Waals surface area contributed by atoms with Gasteiger partial charge < -0.3 is 9.42 Å². The molecule has 1 aliphatic heterocycles. The fourth-order valence-electron chi connectivity index (χ4n) is 3.78. The van der Waals surface area contributed by atoms with Crippen LogP contribution in [0.2, 0.25) is 5.02 Å². The van der Waals surface area contributed by atoms with Crippen molar-refractivity contribution in [3.05, 3.63) is 59.5 Å². The van der Waals surface area contributed by atoms with Gasteiger partial charge in [0, 0.05) is 35.8 Å². The van der Waals surface area contributed by atoms with Crippen LogP contribution in [-0.4, -0.2) is 36.7 Å². The third-order valence-corrected chi connectivity index (χ3v) is 5.42. The monoisotopic (exact) mass is 407 g/mol. The standard InChI is InChI=1S/C20H18ClN7O/c1-27-19(14-7-8-22-23-12-14)24-25-20(27)28-9-3-6-17(28)16-11-18(29-26-16)13-4-2-5-15(21)10-13/h2,4-5,7-8,10-12,17H,3,6,9H2,1H3. The van der Waals surface area contributed by atoms with Crippen LogP contribution >= 0.6 is 11.6 Å². The van der Waals surface area contributed by atoms with E-state index in [2.05, 4.69) is 30.5 Å². The second-order valence-corrected chi connectivity index (χ2v) is 7.43. The molecule has 0 amide bonds. The lowest BCUT2D eigenvalue weighted by Crippen LogP contribution is -2.25. The summed E-state index contributed by atoms with van der Waals surface area (Å²) in [6, 6.07) is 11.5. The van der Waals surface area contributed by atoms with Gasteiger partial charge in [-0.25, -0.2) is 0 Å². The van der Waals surface area contributed by atoms with Crippen molar-refractivity contribution < 1.29 is 4.52 Å². The predicted molar refractivity (Wildman–Crippen MR) is 108 cm³/mol. The number of anilines is 1. The Morgan fingerprint density at radius 2 is 2.03 bits per heavy atom. The van der Waals surface area contributed by atoms with E-state index >= 15 is 0 Å². The van der Waals surface area contributed by atoms with Crippen molar-refractivity contribution >= 4 is 17.5 Å². The van der Waals surface area contributed by atoms with Gasteiger partial charge in [-0.2, -0.15) is 10.2 Å². The van der Waals surface area contributed by atoms with Gasteiger partial charge in [0.05, 0.1) is 18.4 Å². The lowest BCUT2D eigenvalue weighted by molar-refractivity contribution is 0.416. The van der Waals surface area contributed by atoms with E-state index in [-0.39, 0.29) is 6.04 Å². The molecule has 3 aromatic heterocycles. The Kier molecular flexibility index (Phi) is 4.48. The summed E-state index contributed by atoms with van der Waals surface area (Å²) in [5.74, 6) is 2.25. The van der Waals surface area contributed by atoms with Crippen molar-refractivity contribution in [3.63, 3.8) is 0 Å². The van der Waals surface area contributed by atoms with E-state index in [4.69, 9.17) is 16.1 Å². The van der Waals surface area contributed by atoms with Crippen LogP contribution in [0.1, 0.15) is 24.6 Å². The van der Waals surface area contributed by atoms with E-state index in [0.717, 1.165) is 48.0 Å². The van der Waals surface area contributed by atoms with Crippen molar-refractivity contribution in [1.82, 2.24) is 30.1 Å². The van der Waals surface area contributed by atoms with Crippen LogP contribution in [-0.2, 0) is 7.05 Å². The maximum absolute atomic E-state index is 6.11. The van der Waals surface area contributed by atoms with Crippen molar-refractivity contribution in [2.24, 2.45) is 7.05 Å². The Labute approximate surface area is 172 Å². The van der Waals surface area contributed by atoms with Crippen LogP contribution < -0.4 is 4.90 Å². The maximum atomic E-state index is 6.11. The first-order valence-electron chi connectivity index (χ1n) is 9.36. The Hall–Kier alpha value is -3.26. The molecule has 4 aromatic rings. The van der Waals surface area contributed by atoms with E-state index in [1.54, 1.807) is 12.4 Å². The molecule has 1 unspecified atom stereocenters. The topological polar surface area (TPSA) is 85.8 Å². The molecule has 1 fully saturated rings. The fourth-order valence-corrected chi connectivity index (χ4v) is 3.97. The molecular weight excluding hydrogens is 390 g/mol. The molecule has 0 N–H and O–H groups in total. The zero-order chi connectivity index (χ0) is 19.8. The summed E-state index contributed by atoms with van der Waals surface area (Å²) in [7, 11) is 1.96. The van der Waals surface area contributed by atoms with Gasteiger partial charge >= 0.3 is 0 Å². The number of halogens is 1. The highest BCUT2D eigenvalue weighted by Crippen LogP contribution is 2.37. The third-order valence-electron chi connectivity index (χ3n) is 5.18. The molecular formula is C20H18ClN7O. The highest BCUT2D eigenvalue weighted by atomic mass is 35.5. The van der Waals surface area contributed by atoms with Crippen LogP contribution in [0, 0.1) is 0 Å². The van der Waals surface area contributed by atoms with E-state index in [9.17, 15) is 0 Å². The molecule has 0 spiro atoms. The average molecular weight is 408 g/mol. The van der Waals surface area contributed by atoms with Gasteiger partial charge in [0.25, 0.3) is 0 Å². The fraction of sp³-hybridized carbons (Fsp3) is 0.250. The molecule has 0 radical (unpaired) electrons. The first-order valence-corrected chi connectivity index (χ1v) is 9.74. The minimum Gasteiger partial charge on any atom is -0.356 e. The van der Waals surface area contributed by atoms with Crippen LogP contribution in [0.4, 0.5) is 5.95 Å². The normalized spacial score (nSPS) is 16.5. The zero-order valence-electron chi connectivity index (χ0n) is 15.7. The molecule has 8 nitrogen and oxygen atoms in total. The molecule has 9 heteroatoms. The number of benzene rings is 1. The second kappa shape index (κ2) is 7.29. The van der Waals surface area contributed by atoms with Gasteiger partial charge in [0.2, 0.25) is 5.95 Å².